The second-order valence-corrected chi connectivity index (χ2v) is 6.94. The van der Waals surface area contributed by atoms with E-state index in [1.54, 1.807) is 4.57 Å². The zero-order valence-corrected chi connectivity index (χ0v) is 13.8. The van der Waals surface area contributed by atoms with Gasteiger partial charge in [0, 0.05) is 25.7 Å². The van der Waals surface area contributed by atoms with Gasteiger partial charge in [-0.25, -0.2) is 0 Å². The smallest absolute Gasteiger partial charge is 0.291 e. The van der Waals surface area contributed by atoms with Crippen LogP contribution in [0.15, 0.2) is 12.7 Å². The number of H-pyrrole nitrogens is 1. The molecule has 2 aromatic rings. The quantitative estimate of drug-likeness (QED) is 0.786. The Labute approximate surface area is 144 Å². The normalized spacial score (nSPS) is 27.3. The van der Waals surface area contributed by atoms with Gasteiger partial charge in [0.25, 0.3) is 11.9 Å². The molecule has 10 heteroatoms. The Morgan fingerprint density at radius 3 is 2.84 bits per heavy atom. The van der Waals surface area contributed by atoms with Gasteiger partial charge in [-0.15, -0.1) is 15.3 Å². The topological polar surface area (TPSA) is 105 Å². The predicted octanol–water partition coefficient (Wildman–Crippen LogP) is -0.679. The van der Waals surface area contributed by atoms with Crippen LogP contribution in [0.4, 0.5) is 0 Å². The van der Waals surface area contributed by atoms with Crippen LogP contribution in [0.1, 0.15) is 23.5 Å². The third kappa shape index (κ3) is 2.71. The van der Waals surface area contributed by atoms with Crippen LogP contribution in [0.5, 0.6) is 0 Å². The monoisotopic (exact) mass is 344 g/mol. The van der Waals surface area contributed by atoms with Gasteiger partial charge >= 0.3 is 0 Å². The summed E-state index contributed by atoms with van der Waals surface area (Å²) in [6.45, 7) is 3.80. The molecule has 2 aromatic heterocycles. The van der Waals surface area contributed by atoms with E-state index < -0.39 is 0 Å². The van der Waals surface area contributed by atoms with E-state index in [9.17, 15) is 4.79 Å². The highest BCUT2D eigenvalue weighted by Gasteiger charge is 2.43. The molecule has 2 aliphatic heterocycles. The van der Waals surface area contributed by atoms with Crippen molar-refractivity contribution in [3.05, 3.63) is 18.5 Å². The summed E-state index contributed by atoms with van der Waals surface area (Å²) in [6.07, 6.45) is 5.61. The van der Waals surface area contributed by atoms with Crippen LogP contribution in [0.2, 0.25) is 0 Å². The number of carbonyl (C=O) groups excluding carboxylic acids is 1. The SMILES string of the molecule is O=C(c1nc(-n2cnnc2)n[nH]1)N1CCN2[C@@H](COC[C@@H]2C2CC2)C1. The zero-order chi connectivity index (χ0) is 16.8. The van der Waals surface area contributed by atoms with Crippen molar-refractivity contribution in [2.45, 2.75) is 24.9 Å². The number of carbonyl (C=O) groups is 1. The van der Waals surface area contributed by atoms with Gasteiger partial charge in [0.15, 0.2) is 0 Å². The number of nitrogens with zero attached hydrogens (tertiary/aromatic N) is 7. The average Bonchev–Trinajstić information content (AvgIpc) is 3.13. The minimum atomic E-state index is -0.125. The van der Waals surface area contributed by atoms with Crippen molar-refractivity contribution >= 4 is 5.91 Å². The molecule has 0 unspecified atom stereocenters. The van der Waals surface area contributed by atoms with Crippen LogP contribution in [0.25, 0.3) is 5.95 Å². The summed E-state index contributed by atoms with van der Waals surface area (Å²) >= 11 is 0. The predicted molar refractivity (Wildman–Crippen MR) is 85.0 cm³/mol. The molecule has 4 heterocycles. The standard InChI is InChI=1S/C15H20N8O2/c24-14(13-18-15(20-19-13)22-8-16-17-9-22)21-3-4-23-11(5-21)6-25-7-12(23)10-1-2-10/h8-12H,1-7H2,(H,18,19,20)/t11-,12-/m1/s1. The molecule has 0 radical (unpaired) electrons. The van der Waals surface area contributed by atoms with Crippen LogP contribution in [0.3, 0.4) is 0 Å². The molecule has 0 bridgehead atoms. The van der Waals surface area contributed by atoms with Crippen molar-refractivity contribution in [1.82, 2.24) is 39.7 Å². The first-order valence-electron chi connectivity index (χ1n) is 8.70. The molecular weight excluding hydrogens is 324 g/mol. The number of morpholine rings is 1. The average molecular weight is 344 g/mol. The van der Waals surface area contributed by atoms with Crippen LogP contribution < -0.4 is 0 Å². The lowest BCUT2D eigenvalue weighted by Crippen LogP contribution is -2.63. The Balaban J connectivity index is 1.29. The molecule has 2 saturated heterocycles. The summed E-state index contributed by atoms with van der Waals surface area (Å²) < 4.78 is 7.36. The maximum atomic E-state index is 12.8. The van der Waals surface area contributed by atoms with E-state index in [2.05, 4.69) is 30.3 Å². The van der Waals surface area contributed by atoms with Gasteiger partial charge in [0.05, 0.1) is 19.3 Å². The minimum absolute atomic E-state index is 0.125. The fourth-order valence-electron chi connectivity index (χ4n) is 3.87. The molecule has 2 atom stereocenters. The molecule has 3 aliphatic rings. The van der Waals surface area contributed by atoms with E-state index in [0.717, 1.165) is 19.1 Å². The molecular formula is C15H20N8O2. The maximum absolute atomic E-state index is 12.8. The van der Waals surface area contributed by atoms with Crippen molar-refractivity contribution < 1.29 is 9.53 Å². The van der Waals surface area contributed by atoms with Gasteiger partial charge in [0.2, 0.25) is 5.82 Å². The fraction of sp³-hybridized carbons (Fsp3) is 0.667. The van der Waals surface area contributed by atoms with Crippen molar-refractivity contribution in [2.75, 3.05) is 32.8 Å². The molecule has 0 spiro atoms. The Morgan fingerprint density at radius 2 is 2.04 bits per heavy atom. The van der Waals surface area contributed by atoms with Gasteiger partial charge in [0.1, 0.15) is 12.7 Å². The Bertz CT molecular complexity index is 755. The van der Waals surface area contributed by atoms with E-state index >= 15 is 0 Å². The molecule has 3 fully saturated rings. The summed E-state index contributed by atoms with van der Waals surface area (Å²) in [7, 11) is 0. The second kappa shape index (κ2) is 5.88. The second-order valence-electron chi connectivity index (χ2n) is 6.94. The number of aromatic amines is 1. The highest BCUT2D eigenvalue weighted by Crippen LogP contribution is 2.38. The Kier molecular flexibility index (Phi) is 3.52. The largest absolute Gasteiger partial charge is 0.378 e. The first-order chi connectivity index (χ1) is 12.3. The maximum Gasteiger partial charge on any atom is 0.291 e. The van der Waals surface area contributed by atoms with E-state index in [4.69, 9.17) is 4.74 Å². The van der Waals surface area contributed by atoms with Crippen LogP contribution >= 0.6 is 0 Å². The van der Waals surface area contributed by atoms with Gasteiger partial charge in [-0.2, -0.15) is 4.98 Å². The van der Waals surface area contributed by atoms with Gasteiger partial charge in [-0.3, -0.25) is 19.4 Å². The summed E-state index contributed by atoms with van der Waals surface area (Å²) in [4.78, 5) is 21.4. The minimum Gasteiger partial charge on any atom is -0.378 e. The van der Waals surface area contributed by atoms with Crippen LogP contribution in [-0.2, 0) is 4.74 Å². The number of hydrogen-bond acceptors (Lipinski definition) is 7. The van der Waals surface area contributed by atoms with E-state index in [-0.39, 0.29) is 17.8 Å². The molecule has 5 rings (SSSR count). The highest BCUT2D eigenvalue weighted by atomic mass is 16.5. The van der Waals surface area contributed by atoms with E-state index in [1.807, 2.05) is 4.90 Å². The first-order valence-corrected chi connectivity index (χ1v) is 8.70. The summed E-state index contributed by atoms with van der Waals surface area (Å²) in [6, 6.07) is 0.805. The lowest BCUT2D eigenvalue weighted by atomic mass is 10.0. The first kappa shape index (κ1) is 15.0. The van der Waals surface area contributed by atoms with Crippen molar-refractivity contribution in [3.8, 4) is 5.95 Å². The number of nitrogens with one attached hydrogen (secondary N) is 1. The molecule has 1 amide bonds. The Morgan fingerprint density at radius 1 is 1.20 bits per heavy atom. The van der Waals surface area contributed by atoms with Crippen LogP contribution in [-0.4, -0.2) is 90.6 Å². The summed E-state index contributed by atoms with van der Waals surface area (Å²) in [5.41, 5.74) is 0. The van der Waals surface area contributed by atoms with Gasteiger partial charge in [-0.1, -0.05) is 0 Å². The molecule has 1 saturated carbocycles. The van der Waals surface area contributed by atoms with E-state index in [1.165, 1.54) is 25.5 Å². The zero-order valence-electron chi connectivity index (χ0n) is 13.8. The lowest BCUT2D eigenvalue weighted by molar-refractivity contribution is -0.0817. The van der Waals surface area contributed by atoms with Gasteiger partial charge < -0.3 is 9.64 Å². The van der Waals surface area contributed by atoms with Crippen molar-refractivity contribution in [1.29, 1.82) is 0 Å². The van der Waals surface area contributed by atoms with Gasteiger partial charge in [-0.05, 0) is 18.8 Å². The van der Waals surface area contributed by atoms with Crippen molar-refractivity contribution in [3.63, 3.8) is 0 Å². The Hall–Kier alpha value is -2.33. The molecule has 1 N–H and O–H groups in total. The number of piperazine rings is 1. The lowest BCUT2D eigenvalue weighted by Gasteiger charge is -2.48. The van der Waals surface area contributed by atoms with E-state index in [0.29, 0.717) is 31.7 Å². The number of rotatable bonds is 3. The number of aromatic nitrogens is 6. The molecule has 1 aliphatic carbocycles. The highest BCUT2D eigenvalue weighted by molar-refractivity contribution is 5.90. The third-order valence-electron chi connectivity index (χ3n) is 5.33. The third-order valence-corrected chi connectivity index (χ3v) is 5.33. The number of hydrogen-bond donors (Lipinski definition) is 1. The number of ether oxygens (including phenoxy) is 1. The van der Waals surface area contributed by atoms with Crippen LogP contribution in [0, 0.1) is 5.92 Å². The fourth-order valence-corrected chi connectivity index (χ4v) is 3.87. The number of amides is 1. The number of fused-ring (bicyclic) bond motifs is 1. The summed E-state index contributed by atoms with van der Waals surface area (Å²) in [5.74, 6) is 1.26. The molecule has 25 heavy (non-hydrogen) atoms. The molecule has 10 nitrogen and oxygen atoms in total. The molecule has 0 aromatic carbocycles. The molecule has 132 valence electrons. The summed E-state index contributed by atoms with van der Waals surface area (Å²) in [5, 5.41) is 14.2. The van der Waals surface area contributed by atoms with Crippen molar-refractivity contribution in [2.24, 2.45) is 5.92 Å².